The first-order chi connectivity index (χ1) is 9.16. The van der Waals surface area contributed by atoms with Crippen molar-refractivity contribution in [1.29, 1.82) is 0 Å². The molecular weight excluding hydrogens is 259 g/mol. The first-order valence-corrected chi connectivity index (χ1v) is 6.92. The number of rotatable bonds is 2. The molecule has 0 aliphatic rings. The van der Waals surface area contributed by atoms with Crippen LogP contribution in [0.2, 0.25) is 0 Å². The van der Waals surface area contributed by atoms with Gasteiger partial charge in [0.15, 0.2) is 0 Å². The number of nitrogens with zero attached hydrogens (tertiary/aromatic N) is 1. The van der Waals surface area contributed by atoms with Crippen LogP contribution in [0, 0.1) is 5.95 Å². The Hall–Kier alpha value is -1.78. The molecule has 0 saturated carbocycles. The molecule has 96 valence electrons. The number of hydrogen-bond acceptors (Lipinski definition) is 3. The van der Waals surface area contributed by atoms with Crippen LogP contribution in [0.15, 0.2) is 41.9 Å². The summed E-state index contributed by atoms with van der Waals surface area (Å²) in [6.07, 6.45) is 1.53. The summed E-state index contributed by atoms with van der Waals surface area (Å²) >= 11 is 1.65. The topological polar surface area (TPSA) is 38.9 Å². The van der Waals surface area contributed by atoms with Crippen LogP contribution >= 0.6 is 11.3 Å². The van der Waals surface area contributed by atoms with Gasteiger partial charge in [-0.15, -0.1) is 11.3 Å². The van der Waals surface area contributed by atoms with Gasteiger partial charge in [-0.25, -0.2) is 4.98 Å². The third-order valence-corrected chi connectivity index (χ3v) is 4.12. The van der Waals surface area contributed by atoms with Crippen LogP contribution in [0.25, 0.3) is 21.2 Å². The summed E-state index contributed by atoms with van der Waals surface area (Å²) in [5.41, 5.74) is 8.67. The van der Waals surface area contributed by atoms with E-state index in [9.17, 15) is 4.39 Å². The molecule has 0 bridgehead atoms. The summed E-state index contributed by atoms with van der Waals surface area (Å²) in [5.74, 6) is -0.479. The van der Waals surface area contributed by atoms with Gasteiger partial charge in [-0.05, 0) is 34.9 Å². The number of thiophene rings is 1. The third kappa shape index (κ3) is 2.13. The van der Waals surface area contributed by atoms with Crippen molar-refractivity contribution in [1.82, 2.24) is 4.98 Å². The molecule has 0 aliphatic carbocycles. The van der Waals surface area contributed by atoms with E-state index in [1.54, 1.807) is 11.3 Å². The second-order valence-corrected chi connectivity index (χ2v) is 5.44. The average molecular weight is 272 g/mol. The molecule has 0 unspecified atom stereocenters. The van der Waals surface area contributed by atoms with Crippen LogP contribution in [-0.2, 0) is 0 Å². The predicted octanol–water partition coefficient (Wildman–Crippen LogP) is 4.12. The number of aromatic nitrogens is 1. The van der Waals surface area contributed by atoms with Crippen molar-refractivity contribution in [2.24, 2.45) is 5.73 Å². The van der Waals surface area contributed by atoms with Gasteiger partial charge in [0.25, 0.3) is 0 Å². The van der Waals surface area contributed by atoms with Crippen molar-refractivity contribution in [3.8, 4) is 11.1 Å². The van der Waals surface area contributed by atoms with E-state index in [1.165, 1.54) is 12.3 Å². The van der Waals surface area contributed by atoms with Crippen molar-refractivity contribution in [2.45, 2.75) is 13.0 Å². The molecule has 2 heterocycles. The minimum Gasteiger partial charge on any atom is -0.324 e. The van der Waals surface area contributed by atoms with Gasteiger partial charge in [0.05, 0.1) is 0 Å². The fraction of sp³-hybridized carbons (Fsp3) is 0.133. The Morgan fingerprint density at radius 3 is 2.89 bits per heavy atom. The first kappa shape index (κ1) is 12.3. The zero-order chi connectivity index (χ0) is 13.4. The Morgan fingerprint density at radius 2 is 2.11 bits per heavy atom. The largest absolute Gasteiger partial charge is 0.324 e. The Morgan fingerprint density at radius 1 is 1.26 bits per heavy atom. The van der Waals surface area contributed by atoms with Gasteiger partial charge in [0, 0.05) is 28.6 Å². The van der Waals surface area contributed by atoms with Gasteiger partial charge in [-0.1, -0.05) is 18.2 Å². The summed E-state index contributed by atoms with van der Waals surface area (Å²) in [6.45, 7) is 1.88. The van der Waals surface area contributed by atoms with E-state index in [0.29, 0.717) is 0 Å². The number of halogens is 1. The number of pyridine rings is 1. The van der Waals surface area contributed by atoms with Crippen molar-refractivity contribution >= 4 is 21.4 Å². The van der Waals surface area contributed by atoms with Crippen LogP contribution in [0.1, 0.15) is 18.5 Å². The van der Waals surface area contributed by atoms with Crippen LogP contribution in [0.3, 0.4) is 0 Å². The van der Waals surface area contributed by atoms with E-state index in [4.69, 9.17) is 5.73 Å². The molecule has 0 saturated heterocycles. The molecule has 3 aromatic rings. The normalized spacial score (nSPS) is 12.8. The van der Waals surface area contributed by atoms with Crippen LogP contribution < -0.4 is 5.73 Å². The second kappa shape index (κ2) is 4.72. The smallest absolute Gasteiger partial charge is 0.213 e. The number of hydrogen-bond donors (Lipinski definition) is 1. The fourth-order valence-corrected chi connectivity index (χ4v) is 3.17. The summed E-state index contributed by atoms with van der Waals surface area (Å²) < 4.78 is 14.6. The lowest BCUT2D eigenvalue weighted by atomic mass is 9.97. The summed E-state index contributed by atoms with van der Waals surface area (Å²) in [6, 6.07) is 9.38. The molecule has 0 fully saturated rings. The van der Waals surface area contributed by atoms with E-state index in [1.807, 2.05) is 24.4 Å². The lowest BCUT2D eigenvalue weighted by molar-refractivity contribution is 0.581. The zero-order valence-corrected chi connectivity index (χ0v) is 11.2. The number of fused-ring (bicyclic) bond motifs is 1. The second-order valence-electron chi connectivity index (χ2n) is 4.53. The maximum atomic E-state index is 13.5. The number of nitrogens with two attached hydrogens (primary N) is 1. The molecule has 19 heavy (non-hydrogen) atoms. The lowest BCUT2D eigenvalue weighted by Gasteiger charge is -2.13. The summed E-state index contributed by atoms with van der Waals surface area (Å²) in [5, 5.41) is 3.20. The van der Waals surface area contributed by atoms with Crippen LogP contribution in [-0.4, -0.2) is 4.98 Å². The van der Waals surface area contributed by atoms with Crippen molar-refractivity contribution < 1.29 is 4.39 Å². The van der Waals surface area contributed by atoms with Gasteiger partial charge >= 0.3 is 0 Å². The third-order valence-electron chi connectivity index (χ3n) is 3.16. The highest BCUT2D eigenvalue weighted by molar-refractivity contribution is 7.17. The maximum absolute atomic E-state index is 13.5. The molecule has 2 N–H and O–H groups in total. The average Bonchev–Trinajstić information content (AvgIpc) is 2.86. The highest BCUT2D eigenvalue weighted by Gasteiger charge is 2.13. The van der Waals surface area contributed by atoms with Gasteiger partial charge < -0.3 is 5.73 Å². The molecule has 1 aromatic carbocycles. The monoisotopic (exact) mass is 272 g/mol. The Balaban J connectivity index is 2.32. The quantitative estimate of drug-likeness (QED) is 0.713. The molecular formula is C15H13FN2S. The molecule has 0 radical (unpaired) electrons. The summed E-state index contributed by atoms with van der Waals surface area (Å²) in [4.78, 5) is 3.71. The molecule has 2 aromatic heterocycles. The van der Waals surface area contributed by atoms with Crippen molar-refractivity contribution in [3.63, 3.8) is 0 Å². The molecule has 0 aliphatic heterocycles. The van der Waals surface area contributed by atoms with Gasteiger partial charge in [-0.3, -0.25) is 0 Å². The van der Waals surface area contributed by atoms with Crippen molar-refractivity contribution in [2.75, 3.05) is 0 Å². The van der Waals surface area contributed by atoms with Gasteiger partial charge in [0.1, 0.15) is 0 Å². The predicted molar refractivity (Wildman–Crippen MR) is 77.6 cm³/mol. The number of benzene rings is 1. The highest BCUT2D eigenvalue weighted by atomic mass is 32.1. The van der Waals surface area contributed by atoms with E-state index < -0.39 is 5.95 Å². The Kier molecular flexibility index (Phi) is 3.05. The SMILES string of the molecule is C[C@@H](N)c1cnc(F)cc1-c1cccc2ccsc12. The highest BCUT2D eigenvalue weighted by Crippen LogP contribution is 2.35. The molecule has 2 nitrogen and oxygen atoms in total. The van der Waals surface area contributed by atoms with E-state index in [-0.39, 0.29) is 6.04 Å². The van der Waals surface area contributed by atoms with E-state index >= 15 is 0 Å². The molecule has 0 amide bonds. The van der Waals surface area contributed by atoms with Gasteiger partial charge in [-0.2, -0.15) is 4.39 Å². The maximum Gasteiger partial charge on any atom is 0.213 e. The molecule has 3 rings (SSSR count). The summed E-state index contributed by atoms with van der Waals surface area (Å²) in [7, 11) is 0. The lowest BCUT2D eigenvalue weighted by Crippen LogP contribution is -2.08. The minimum atomic E-state index is -0.479. The van der Waals surface area contributed by atoms with Crippen LogP contribution in [0.5, 0.6) is 0 Å². The molecule has 4 heteroatoms. The standard InChI is InChI=1S/C15H13FN2S/c1-9(17)13-8-18-14(16)7-12(13)11-4-2-3-10-5-6-19-15(10)11/h2-9H,17H2,1H3/t9-/m1/s1. The van der Waals surface area contributed by atoms with E-state index in [0.717, 1.165) is 26.8 Å². The van der Waals surface area contributed by atoms with Crippen LogP contribution in [0.4, 0.5) is 4.39 Å². The van der Waals surface area contributed by atoms with Gasteiger partial charge in [0.2, 0.25) is 5.95 Å². The van der Waals surface area contributed by atoms with Crippen molar-refractivity contribution in [3.05, 3.63) is 53.4 Å². The molecule has 1 atom stereocenters. The minimum absolute atomic E-state index is 0.182. The molecule has 0 spiro atoms. The fourth-order valence-electron chi connectivity index (χ4n) is 2.24. The first-order valence-electron chi connectivity index (χ1n) is 6.04. The Bertz CT molecular complexity index is 734. The zero-order valence-electron chi connectivity index (χ0n) is 10.4. The Labute approximate surface area is 114 Å². The van der Waals surface area contributed by atoms with E-state index in [2.05, 4.69) is 17.1 Å².